The average molecular weight is 225 g/mol. The Balaban J connectivity index is 1.93. The number of carbonyl (C=O) groups excluding carboxylic acids is 1. The molecule has 0 amide bonds. The number of piperidine rings is 3. The van der Waals surface area contributed by atoms with Gasteiger partial charge in [-0.2, -0.15) is 0 Å². The highest BCUT2D eigenvalue weighted by Gasteiger charge is 2.38. The lowest BCUT2D eigenvalue weighted by molar-refractivity contribution is -0.169. The van der Waals surface area contributed by atoms with E-state index >= 15 is 0 Å². The number of fused-ring (bicyclic) bond motifs is 3. The molecule has 1 atom stereocenters. The summed E-state index contributed by atoms with van der Waals surface area (Å²) < 4.78 is 5.70. The van der Waals surface area contributed by atoms with Crippen LogP contribution in [0.5, 0.6) is 0 Å². The van der Waals surface area contributed by atoms with Crippen LogP contribution in [0.1, 0.15) is 40.0 Å². The van der Waals surface area contributed by atoms with Crippen LogP contribution in [-0.4, -0.2) is 36.6 Å². The van der Waals surface area contributed by atoms with Crippen LogP contribution in [-0.2, 0) is 9.53 Å². The lowest BCUT2D eigenvalue weighted by Gasteiger charge is -2.44. The molecule has 0 radical (unpaired) electrons. The first-order valence-corrected chi connectivity index (χ1v) is 6.46. The Labute approximate surface area is 98.1 Å². The third-order valence-electron chi connectivity index (χ3n) is 4.29. The van der Waals surface area contributed by atoms with Gasteiger partial charge in [-0.1, -0.05) is 6.92 Å². The molecule has 0 aliphatic carbocycles. The Bertz CT molecular complexity index is 267. The van der Waals surface area contributed by atoms with Crippen molar-refractivity contribution in [1.29, 1.82) is 0 Å². The Morgan fingerprint density at radius 1 is 1.38 bits per heavy atom. The van der Waals surface area contributed by atoms with Gasteiger partial charge in [-0.3, -0.25) is 9.69 Å². The zero-order valence-corrected chi connectivity index (χ0v) is 10.7. The van der Waals surface area contributed by atoms with Crippen LogP contribution in [0.3, 0.4) is 0 Å². The Morgan fingerprint density at radius 2 is 2.00 bits per heavy atom. The van der Waals surface area contributed by atoms with Gasteiger partial charge in [-0.25, -0.2) is 0 Å². The minimum atomic E-state index is -0.327. The maximum atomic E-state index is 12.0. The van der Waals surface area contributed by atoms with E-state index in [1.54, 1.807) is 0 Å². The molecule has 0 unspecified atom stereocenters. The second-order valence-corrected chi connectivity index (χ2v) is 5.82. The van der Waals surface area contributed by atoms with E-state index in [2.05, 4.69) is 4.90 Å². The topological polar surface area (TPSA) is 29.5 Å². The third-order valence-corrected chi connectivity index (χ3v) is 4.29. The summed E-state index contributed by atoms with van der Waals surface area (Å²) >= 11 is 0. The fourth-order valence-corrected chi connectivity index (χ4v) is 2.49. The molecule has 0 saturated carbocycles. The summed E-state index contributed by atoms with van der Waals surface area (Å²) in [6.45, 7) is 9.31. The van der Waals surface area contributed by atoms with E-state index in [1.807, 2.05) is 20.8 Å². The number of esters is 1. The molecule has 3 heterocycles. The summed E-state index contributed by atoms with van der Waals surface area (Å²) in [7, 11) is 0. The first kappa shape index (κ1) is 11.9. The number of ether oxygens (including phenoxy) is 1. The molecule has 0 aromatic rings. The van der Waals surface area contributed by atoms with Crippen molar-refractivity contribution in [1.82, 2.24) is 4.90 Å². The van der Waals surface area contributed by atoms with Crippen LogP contribution in [0, 0.1) is 11.3 Å². The maximum absolute atomic E-state index is 12.0. The summed E-state index contributed by atoms with van der Waals surface area (Å²) in [5, 5.41) is 0. The van der Waals surface area contributed by atoms with Crippen molar-refractivity contribution in [2.24, 2.45) is 11.3 Å². The Morgan fingerprint density at radius 3 is 2.44 bits per heavy atom. The predicted molar refractivity (Wildman–Crippen MR) is 63.1 cm³/mol. The summed E-state index contributed by atoms with van der Waals surface area (Å²) in [4.78, 5) is 14.4. The molecular weight excluding hydrogens is 202 g/mol. The molecule has 2 bridgehead atoms. The van der Waals surface area contributed by atoms with Crippen molar-refractivity contribution in [2.75, 3.05) is 19.6 Å². The monoisotopic (exact) mass is 225 g/mol. The van der Waals surface area contributed by atoms with E-state index in [0.29, 0.717) is 5.92 Å². The van der Waals surface area contributed by atoms with Crippen molar-refractivity contribution in [3.8, 4) is 0 Å². The van der Waals surface area contributed by atoms with Gasteiger partial charge in [0.25, 0.3) is 0 Å². The van der Waals surface area contributed by atoms with E-state index in [4.69, 9.17) is 4.74 Å². The van der Waals surface area contributed by atoms with Gasteiger partial charge in [0.2, 0.25) is 0 Å². The Hall–Kier alpha value is -0.570. The second kappa shape index (κ2) is 4.36. The molecule has 3 saturated heterocycles. The van der Waals surface area contributed by atoms with Crippen LogP contribution < -0.4 is 0 Å². The molecule has 3 rings (SSSR count). The van der Waals surface area contributed by atoms with Crippen molar-refractivity contribution >= 4 is 5.97 Å². The molecule has 3 aliphatic rings. The normalized spacial score (nSPS) is 33.8. The summed E-state index contributed by atoms with van der Waals surface area (Å²) in [5.41, 5.74) is -0.327. The van der Waals surface area contributed by atoms with Crippen LogP contribution >= 0.6 is 0 Å². The van der Waals surface area contributed by atoms with Gasteiger partial charge in [0.1, 0.15) is 6.10 Å². The highest BCUT2D eigenvalue weighted by atomic mass is 16.5. The highest BCUT2D eigenvalue weighted by Crippen LogP contribution is 2.31. The van der Waals surface area contributed by atoms with E-state index in [1.165, 1.54) is 25.9 Å². The average Bonchev–Trinajstić information content (AvgIpc) is 2.30. The molecule has 3 heteroatoms. The van der Waals surface area contributed by atoms with E-state index in [9.17, 15) is 4.79 Å². The lowest BCUT2D eigenvalue weighted by atomic mass is 9.85. The van der Waals surface area contributed by atoms with Crippen LogP contribution in [0.2, 0.25) is 0 Å². The number of rotatable bonds is 3. The molecule has 0 N–H and O–H groups in total. The van der Waals surface area contributed by atoms with Gasteiger partial charge < -0.3 is 4.74 Å². The van der Waals surface area contributed by atoms with Gasteiger partial charge in [0.05, 0.1) is 5.41 Å². The maximum Gasteiger partial charge on any atom is 0.311 e. The number of nitrogens with zero attached hydrogens (tertiary/aromatic N) is 1. The van der Waals surface area contributed by atoms with Crippen molar-refractivity contribution in [2.45, 2.75) is 46.1 Å². The standard InChI is InChI=1S/C13H23NO2/c1-4-13(2,3)12(15)16-11-9-14-7-5-10(11)6-8-14/h10-11H,4-9H2,1-3H3/t11-/m1/s1. The van der Waals surface area contributed by atoms with E-state index < -0.39 is 0 Å². The quantitative estimate of drug-likeness (QED) is 0.689. The Kier molecular flexibility index (Phi) is 3.24. The molecule has 3 nitrogen and oxygen atoms in total. The van der Waals surface area contributed by atoms with E-state index in [-0.39, 0.29) is 17.5 Å². The number of hydrogen-bond donors (Lipinski definition) is 0. The van der Waals surface area contributed by atoms with E-state index in [0.717, 1.165) is 13.0 Å². The lowest BCUT2D eigenvalue weighted by Crippen LogP contribution is -2.52. The van der Waals surface area contributed by atoms with Gasteiger partial charge in [-0.05, 0) is 52.1 Å². The fraction of sp³-hybridized carbons (Fsp3) is 0.923. The van der Waals surface area contributed by atoms with Crippen LogP contribution in [0.4, 0.5) is 0 Å². The molecule has 16 heavy (non-hydrogen) atoms. The van der Waals surface area contributed by atoms with Gasteiger partial charge in [0.15, 0.2) is 0 Å². The predicted octanol–water partition coefficient (Wildman–Crippen LogP) is 2.06. The smallest absolute Gasteiger partial charge is 0.311 e. The summed E-state index contributed by atoms with van der Waals surface area (Å²) in [5.74, 6) is 0.593. The minimum Gasteiger partial charge on any atom is -0.460 e. The third kappa shape index (κ3) is 2.24. The first-order valence-electron chi connectivity index (χ1n) is 6.46. The van der Waals surface area contributed by atoms with Crippen LogP contribution in [0.15, 0.2) is 0 Å². The largest absolute Gasteiger partial charge is 0.460 e. The molecular formula is C13H23NO2. The van der Waals surface area contributed by atoms with Gasteiger partial charge in [0, 0.05) is 6.54 Å². The molecule has 3 fully saturated rings. The summed E-state index contributed by atoms with van der Waals surface area (Å²) in [6, 6.07) is 0. The molecule has 0 aromatic heterocycles. The molecule has 3 aliphatic heterocycles. The number of hydrogen-bond acceptors (Lipinski definition) is 3. The SMILES string of the molecule is CCC(C)(C)C(=O)O[C@@H]1CN2CCC1CC2. The van der Waals surface area contributed by atoms with Crippen LogP contribution in [0.25, 0.3) is 0 Å². The van der Waals surface area contributed by atoms with Gasteiger partial charge in [-0.15, -0.1) is 0 Å². The number of carbonyl (C=O) groups is 1. The van der Waals surface area contributed by atoms with Crippen molar-refractivity contribution in [3.63, 3.8) is 0 Å². The fourth-order valence-electron chi connectivity index (χ4n) is 2.49. The zero-order valence-electron chi connectivity index (χ0n) is 10.7. The summed E-state index contributed by atoms with van der Waals surface area (Å²) in [6.07, 6.45) is 3.39. The minimum absolute atomic E-state index is 0.0197. The van der Waals surface area contributed by atoms with Crippen molar-refractivity contribution in [3.05, 3.63) is 0 Å². The highest BCUT2D eigenvalue weighted by molar-refractivity contribution is 5.76. The second-order valence-electron chi connectivity index (χ2n) is 5.82. The first-order chi connectivity index (χ1) is 7.53. The van der Waals surface area contributed by atoms with Crippen molar-refractivity contribution < 1.29 is 9.53 Å². The molecule has 92 valence electrons. The van der Waals surface area contributed by atoms with Gasteiger partial charge >= 0.3 is 5.97 Å². The molecule has 0 spiro atoms. The zero-order chi connectivity index (χ0) is 11.8. The molecule has 0 aromatic carbocycles.